The normalized spacial score (nSPS) is 14.5. The Morgan fingerprint density at radius 2 is 1.94 bits per heavy atom. The van der Waals surface area contributed by atoms with Gasteiger partial charge in [0.2, 0.25) is 11.7 Å². The van der Waals surface area contributed by atoms with E-state index in [0.29, 0.717) is 18.3 Å². The van der Waals surface area contributed by atoms with E-state index >= 15 is 0 Å². The minimum atomic E-state index is 0.104. The molecule has 182 valence electrons. The molecule has 4 heterocycles. The maximum Gasteiger partial charge on any atom is 0.253 e. The number of piperazine rings is 1. The number of amides is 1. The Hall–Kier alpha value is -3.30. The van der Waals surface area contributed by atoms with Crippen molar-refractivity contribution >= 4 is 17.2 Å². The van der Waals surface area contributed by atoms with Crippen LogP contribution in [0, 0.1) is 13.8 Å². The average molecular weight is 491 g/mol. The number of nitrogens with zero attached hydrogens (tertiary/aromatic N) is 6. The van der Waals surface area contributed by atoms with Gasteiger partial charge in [0.15, 0.2) is 0 Å². The van der Waals surface area contributed by atoms with Gasteiger partial charge in [0, 0.05) is 43.9 Å². The van der Waals surface area contributed by atoms with Crippen LogP contribution in [0.1, 0.15) is 39.6 Å². The first-order valence-electron chi connectivity index (χ1n) is 12.0. The fraction of sp³-hybridized carbons (Fsp3) is 0.385. The van der Waals surface area contributed by atoms with Gasteiger partial charge in [-0.25, -0.2) is 0 Å². The van der Waals surface area contributed by atoms with E-state index in [1.54, 1.807) is 11.3 Å². The Kier molecular flexibility index (Phi) is 7.06. The molecule has 8 nitrogen and oxygen atoms in total. The predicted molar refractivity (Wildman–Crippen MR) is 136 cm³/mol. The molecular weight excluding hydrogens is 460 g/mol. The first-order chi connectivity index (χ1) is 17.0. The minimum absolute atomic E-state index is 0.104. The molecular formula is C26H30N6O2S. The number of aromatic nitrogens is 4. The van der Waals surface area contributed by atoms with Crippen molar-refractivity contribution in [3.63, 3.8) is 0 Å². The summed E-state index contributed by atoms with van der Waals surface area (Å²) in [5.41, 5.74) is 3.96. The molecule has 0 saturated carbocycles. The highest BCUT2D eigenvalue weighted by atomic mass is 32.1. The number of hydrogen-bond donors (Lipinski definition) is 0. The number of benzene rings is 1. The molecule has 1 aliphatic rings. The van der Waals surface area contributed by atoms with Crippen LogP contribution in [0.25, 0.3) is 10.7 Å². The van der Waals surface area contributed by atoms with Crippen LogP contribution in [0.3, 0.4) is 0 Å². The van der Waals surface area contributed by atoms with Crippen molar-refractivity contribution in [3.05, 3.63) is 76.3 Å². The van der Waals surface area contributed by atoms with E-state index in [1.807, 2.05) is 52.2 Å². The number of thiophene rings is 1. The molecule has 0 radical (unpaired) electrons. The third-order valence-corrected chi connectivity index (χ3v) is 7.21. The Morgan fingerprint density at radius 1 is 1.09 bits per heavy atom. The van der Waals surface area contributed by atoms with Gasteiger partial charge in [-0.2, -0.15) is 10.1 Å². The topological polar surface area (TPSA) is 80.3 Å². The van der Waals surface area contributed by atoms with Crippen molar-refractivity contribution in [1.82, 2.24) is 29.7 Å². The number of hydrogen-bond acceptors (Lipinski definition) is 7. The molecule has 1 amide bonds. The zero-order valence-corrected chi connectivity index (χ0v) is 21.0. The molecule has 0 N–H and O–H groups in total. The number of rotatable bonds is 8. The lowest BCUT2D eigenvalue weighted by atomic mass is 10.1. The van der Waals surface area contributed by atoms with Gasteiger partial charge in [0.25, 0.3) is 5.91 Å². The molecule has 0 aliphatic carbocycles. The summed E-state index contributed by atoms with van der Waals surface area (Å²) in [6.07, 6.45) is 1.72. The third-order valence-electron chi connectivity index (χ3n) is 6.34. The van der Waals surface area contributed by atoms with Gasteiger partial charge in [-0.05, 0) is 62.0 Å². The summed E-state index contributed by atoms with van der Waals surface area (Å²) < 4.78 is 7.38. The lowest BCUT2D eigenvalue weighted by molar-refractivity contribution is 0.0635. The van der Waals surface area contributed by atoms with Crippen LogP contribution in [0.5, 0.6) is 0 Å². The second kappa shape index (κ2) is 10.5. The van der Waals surface area contributed by atoms with Crippen molar-refractivity contribution in [2.75, 3.05) is 32.7 Å². The summed E-state index contributed by atoms with van der Waals surface area (Å²) in [4.78, 5) is 23.0. The first-order valence-corrected chi connectivity index (χ1v) is 12.9. The van der Waals surface area contributed by atoms with Gasteiger partial charge < -0.3 is 9.42 Å². The molecule has 0 spiro atoms. The molecule has 1 aliphatic heterocycles. The third kappa shape index (κ3) is 5.68. The smallest absolute Gasteiger partial charge is 0.253 e. The van der Waals surface area contributed by atoms with Crippen molar-refractivity contribution < 1.29 is 9.32 Å². The standard InChI is InChI=1S/C26H30N6O2S/c1-19-16-20(2)32(28-19)18-21-6-3-7-22(17-21)26(33)31-13-11-30(12-14-31)10-4-9-24-27-25(29-34-24)23-8-5-15-35-23/h3,5-8,15-17H,4,9-14,18H2,1-2H3. The summed E-state index contributed by atoms with van der Waals surface area (Å²) in [5.74, 6) is 1.45. The minimum Gasteiger partial charge on any atom is -0.339 e. The summed E-state index contributed by atoms with van der Waals surface area (Å²) in [7, 11) is 0. The molecule has 1 saturated heterocycles. The van der Waals surface area contributed by atoms with E-state index < -0.39 is 0 Å². The monoisotopic (exact) mass is 490 g/mol. The van der Waals surface area contributed by atoms with Gasteiger partial charge in [-0.1, -0.05) is 23.4 Å². The molecule has 0 unspecified atom stereocenters. The Morgan fingerprint density at radius 3 is 2.69 bits per heavy atom. The average Bonchev–Trinajstić information content (AvgIpc) is 3.61. The molecule has 1 aromatic carbocycles. The lowest BCUT2D eigenvalue weighted by Crippen LogP contribution is -2.48. The lowest BCUT2D eigenvalue weighted by Gasteiger charge is -2.34. The molecule has 0 atom stereocenters. The van der Waals surface area contributed by atoms with Gasteiger partial charge in [-0.15, -0.1) is 11.3 Å². The molecule has 35 heavy (non-hydrogen) atoms. The van der Waals surface area contributed by atoms with E-state index in [2.05, 4.69) is 39.2 Å². The van der Waals surface area contributed by atoms with Crippen molar-refractivity contribution in [2.24, 2.45) is 0 Å². The van der Waals surface area contributed by atoms with E-state index in [0.717, 1.165) is 73.0 Å². The Bertz CT molecular complexity index is 1270. The highest BCUT2D eigenvalue weighted by Crippen LogP contribution is 2.21. The predicted octanol–water partition coefficient (Wildman–Crippen LogP) is 4.05. The van der Waals surface area contributed by atoms with Crippen LogP contribution in [-0.4, -0.2) is 68.4 Å². The zero-order valence-electron chi connectivity index (χ0n) is 20.2. The maximum atomic E-state index is 13.1. The number of aryl methyl sites for hydroxylation is 3. The van der Waals surface area contributed by atoms with Crippen LogP contribution in [0.15, 0.2) is 52.4 Å². The van der Waals surface area contributed by atoms with Crippen molar-refractivity contribution in [1.29, 1.82) is 0 Å². The van der Waals surface area contributed by atoms with Gasteiger partial charge in [0.1, 0.15) is 0 Å². The van der Waals surface area contributed by atoms with Gasteiger partial charge in [-0.3, -0.25) is 14.4 Å². The second-order valence-corrected chi connectivity index (χ2v) is 9.96. The van der Waals surface area contributed by atoms with E-state index in [1.165, 1.54) is 0 Å². The van der Waals surface area contributed by atoms with Crippen molar-refractivity contribution in [2.45, 2.75) is 33.2 Å². The molecule has 3 aromatic heterocycles. The highest BCUT2D eigenvalue weighted by Gasteiger charge is 2.22. The highest BCUT2D eigenvalue weighted by molar-refractivity contribution is 7.13. The molecule has 4 aromatic rings. The van der Waals surface area contributed by atoms with E-state index in [9.17, 15) is 4.79 Å². The quantitative estimate of drug-likeness (QED) is 0.371. The fourth-order valence-electron chi connectivity index (χ4n) is 4.48. The second-order valence-electron chi connectivity index (χ2n) is 9.01. The van der Waals surface area contributed by atoms with Gasteiger partial charge >= 0.3 is 0 Å². The molecule has 5 rings (SSSR count). The van der Waals surface area contributed by atoms with Crippen molar-refractivity contribution in [3.8, 4) is 10.7 Å². The van der Waals surface area contributed by atoms with Crippen LogP contribution >= 0.6 is 11.3 Å². The zero-order chi connectivity index (χ0) is 24.2. The van der Waals surface area contributed by atoms with E-state index in [4.69, 9.17) is 4.52 Å². The maximum absolute atomic E-state index is 13.1. The summed E-state index contributed by atoms with van der Waals surface area (Å²) in [6, 6.07) is 14.0. The number of carbonyl (C=O) groups excluding carboxylic acids is 1. The summed E-state index contributed by atoms with van der Waals surface area (Å²) in [5, 5.41) is 10.6. The summed E-state index contributed by atoms with van der Waals surface area (Å²) in [6.45, 7) is 8.91. The number of carbonyl (C=O) groups is 1. The molecule has 9 heteroatoms. The Labute approximate surface area is 209 Å². The first kappa shape index (κ1) is 23.4. The largest absolute Gasteiger partial charge is 0.339 e. The summed E-state index contributed by atoms with van der Waals surface area (Å²) >= 11 is 1.61. The van der Waals surface area contributed by atoms with Crippen LogP contribution in [-0.2, 0) is 13.0 Å². The van der Waals surface area contributed by atoms with Crippen LogP contribution in [0.4, 0.5) is 0 Å². The molecule has 0 bridgehead atoms. The molecule has 1 fully saturated rings. The SMILES string of the molecule is Cc1cc(C)n(Cc2cccc(C(=O)N3CCN(CCCc4nc(-c5cccs5)no4)CC3)c2)n1. The Balaban J connectivity index is 1.09. The van der Waals surface area contributed by atoms with Gasteiger partial charge in [0.05, 0.1) is 17.1 Å². The fourth-order valence-corrected chi connectivity index (χ4v) is 5.13. The van der Waals surface area contributed by atoms with Crippen LogP contribution in [0.2, 0.25) is 0 Å². The van der Waals surface area contributed by atoms with E-state index in [-0.39, 0.29) is 5.91 Å². The van der Waals surface area contributed by atoms with Crippen LogP contribution < -0.4 is 0 Å².